The first-order chi connectivity index (χ1) is 11.0. The second-order valence-corrected chi connectivity index (χ2v) is 6.46. The Hall–Kier alpha value is -1.95. The summed E-state index contributed by atoms with van der Waals surface area (Å²) in [5, 5.41) is 0. The van der Waals surface area contributed by atoms with Crippen LogP contribution < -0.4 is 10.9 Å². The zero-order valence-corrected chi connectivity index (χ0v) is 13.1. The molecule has 2 unspecified atom stereocenters. The van der Waals surface area contributed by atoms with Crippen molar-refractivity contribution in [3.63, 3.8) is 0 Å². The number of ether oxygens (including phenoxy) is 1. The summed E-state index contributed by atoms with van der Waals surface area (Å²) in [4.78, 5) is 24.6. The summed E-state index contributed by atoms with van der Waals surface area (Å²) in [6, 6.07) is 5.96. The highest BCUT2D eigenvalue weighted by atomic mass is 19.1. The number of halogens is 1. The maximum Gasteiger partial charge on any atom is 0.249 e. The predicted molar refractivity (Wildman–Crippen MR) is 81.7 cm³/mol. The Morgan fingerprint density at radius 2 is 1.78 bits per heavy atom. The van der Waals surface area contributed by atoms with Gasteiger partial charge in [0.05, 0.1) is 5.41 Å². The van der Waals surface area contributed by atoms with Crippen molar-refractivity contribution in [2.24, 2.45) is 11.8 Å². The predicted octanol–water partition coefficient (Wildman–Crippen LogP) is 1.68. The third kappa shape index (κ3) is 3.22. The monoisotopic (exact) mass is 320 g/mol. The Kier molecular flexibility index (Phi) is 4.35. The molecule has 2 N–H and O–H groups in total. The summed E-state index contributed by atoms with van der Waals surface area (Å²) < 4.78 is 18.6. The fourth-order valence-electron chi connectivity index (χ4n) is 3.15. The Bertz CT molecular complexity index is 596. The van der Waals surface area contributed by atoms with E-state index in [1.54, 1.807) is 12.1 Å². The molecule has 1 aliphatic carbocycles. The molecule has 1 saturated carbocycles. The number of rotatable bonds is 3. The SMILES string of the molecule is CC1CC1C(=O)NNC(=O)C1(c2ccc(F)cc2)CCOCC1. The largest absolute Gasteiger partial charge is 0.381 e. The Balaban J connectivity index is 1.74. The molecule has 1 saturated heterocycles. The minimum absolute atomic E-state index is 0.00763. The van der Waals surface area contributed by atoms with Crippen LogP contribution in [-0.4, -0.2) is 25.0 Å². The fourth-order valence-corrected chi connectivity index (χ4v) is 3.15. The summed E-state index contributed by atoms with van der Waals surface area (Å²) in [6.07, 6.45) is 1.86. The molecule has 2 atom stereocenters. The van der Waals surface area contributed by atoms with Crippen molar-refractivity contribution in [1.29, 1.82) is 0 Å². The fraction of sp³-hybridized carbons (Fsp3) is 0.529. The van der Waals surface area contributed by atoms with Crippen LogP contribution in [0, 0.1) is 17.7 Å². The summed E-state index contributed by atoms with van der Waals surface area (Å²) in [5.41, 5.74) is 5.03. The van der Waals surface area contributed by atoms with Crippen molar-refractivity contribution < 1.29 is 18.7 Å². The summed E-state index contributed by atoms with van der Waals surface area (Å²) in [6.45, 7) is 2.92. The molecule has 1 aliphatic heterocycles. The first-order valence-electron chi connectivity index (χ1n) is 7.97. The van der Waals surface area contributed by atoms with Crippen LogP contribution in [0.15, 0.2) is 24.3 Å². The van der Waals surface area contributed by atoms with Gasteiger partial charge < -0.3 is 4.74 Å². The van der Waals surface area contributed by atoms with Gasteiger partial charge in [0.2, 0.25) is 11.8 Å². The molecule has 1 aromatic carbocycles. The van der Waals surface area contributed by atoms with Gasteiger partial charge in [0.1, 0.15) is 5.82 Å². The van der Waals surface area contributed by atoms with Crippen molar-refractivity contribution in [2.75, 3.05) is 13.2 Å². The van der Waals surface area contributed by atoms with Gasteiger partial charge in [0.25, 0.3) is 0 Å². The van der Waals surface area contributed by atoms with E-state index in [0.29, 0.717) is 32.0 Å². The lowest BCUT2D eigenvalue weighted by molar-refractivity contribution is -0.135. The maximum absolute atomic E-state index is 13.2. The lowest BCUT2D eigenvalue weighted by Gasteiger charge is -2.36. The van der Waals surface area contributed by atoms with Gasteiger partial charge in [-0.05, 0) is 42.9 Å². The van der Waals surface area contributed by atoms with E-state index in [1.807, 2.05) is 6.92 Å². The molecule has 2 amide bonds. The van der Waals surface area contributed by atoms with Gasteiger partial charge in [0.15, 0.2) is 0 Å². The van der Waals surface area contributed by atoms with Crippen LogP contribution in [0.3, 0.4) is 0 Å². The molecule has 2 fully saturated rings. The third-order valence-corrected chi connectivity index (χ3v) is 4.92. The van der Waals surface area contributed by atoms with Crippen LogP contribution in [0.4, 0.5) is 4.39 Å². The second-order valence-electron chi connectivity index (χ2n) is 6.46. The molecule has 2 aliphatic rings. The molecular weight excluding hydrogens is 299 g/mol. The van der Waals surface area contributed by atoms with E-state index in [9.17, 15) is 14.0 Å². The van der Waals surface area contributed by atoms with Crippen LogP contribution in [0.1, 0.15) is 31.7 Å². The van der Waals surface area contributed by atoms with Crippen molar-refractivity contribution in [2.45, 2.75) is 31.6 Å². The zero-order valence-electron chi connectivity index (χ0n) is 13.1. The Labute approximate surface area is 134 Å². The summed E-state index contributed by atoms with van der Waals surface area (Å²) in [7, 11) is 0. The summed E-state index contributed by atoms with van der Waals surface area (Å²) in [5.74, 6) is -0.388. The topological polar surface area (TPSA) is 67.4 Å². The first-order valence-corrected chi connectivity index (χ1v) is 7.97. The van der Waals surface area contributed by atoms with Crippen molar-refractivity contribution in [3.8, 4) is 0 Å². The van der Waals surface area contributed by atoms with Crippen molar-refractivity contribution in [1.82, 2.24) is 10.9 Å². The molecule has 1 heterocycles. The van der Waals surface area contributed by atoms with Gasteiger partial charge >= 0.3 is 0 Å². The van der Waals surface area contributed by atoms with Gasteiger partial charge in [0, 0.05) is 19.1 Å². The van der Waals surface area contributed by atoms with Gasteiger partial charge in [-0.1, -0.05) is 19.1 Å². The van der Waals surface area contributed by atoms with Gasteiger partial charge in [-0.3, -0.25) is 20.4 Å². The molecule has 23 heavy (non-hydrogen) atoms. The minimum Gasteiger partial charge on any atom is -0.381 e. The molecule has 124 valence electrons. The van der Waals surface area contributed by atoms with E-state index < -0.39 is 5.41 Å². The van der Waals surface area contributed by atoms with E-state index in [1.165, 1.54) is 12.1 Å². The number of hydrogen-bond acceptors (Lipinski definition) is 3. The number of amides is 2. The van der Waals surface area contributed by atoms with Crippen LogP contribution >= 0.6 is 0 Å². The van der Waals surface area contributed by atoms with Gasteiger partial charge in [-0.25, -0.2) is 4.39 Å². The number of hydrogen-bond donors (Lipinski definition) is 2. The van der Waals surface area contributed by atoms with E-state index in [2.05, 4.69) is 10.9 Å². The molecule has 0 spiro atoms. The molecule has 0 radical (unpaired) electrons. The highest BCUT2D eigenvalue weighted by Gasteiger charge is 2.43. The molecule has 0 bridgehead atoms. The number of carbonyl (C=O) groups is 2. The average molecular weight is 320 g/mol. The second kappa shape index (κ2) is 6.28. The molecule has 5 nitrogen and oxygen atoms in total. The van der Waals surface area contributed by atoms with Crippen molar-refractivity contribution in [3.05, 3.63) is 35.6 Å². The number of hydrazine groups is 1. The molecular formula is C17H21FN2O3. The molecule has 6 heteroatoms. The zero-order chi connectivity index (χ0) is 16.4. The summed E-state index contributed by atoms with van der Waals surface area (Å²) >= 11 is 0. The standard InChI is InChI=1S/C17H21FN2O3/c1-11-10-14(11)15(21)19-20-16(22)17(6-8-23-9-7-17)12-2-4-13(18)5-3-12/h2-5,11,14H,6-10H2,1H3,(H,19,21)(H,20,22). The smallest absolute Gasteiger partial charge is 0.249 e. The Morgan fingerprint density at radius 1 is 1.17 bits per heavy atom. The number of carbonyl (C=O) groups excluding carboxylic acids is 2. The highest BCUT2D eigenvalue weighted by Crippen LogP contribution is 2.38. The normalized spacial score (nSPS) is 25.5. The van der Waals surface area contributed by atoms with Crippen LogP contribution in [0.25, 0.3) is 0 Å². The lowest BCUT2D eigenvalue weighted by Crippen LogP contribution is -2.54. The molecule has 0 aromatic heterocycles. The maximum atomic E-state index is 13.2. The third-order valence-electron chi connectivity index (χ3n) is 4.92. The highest BCUT2D eigenvalue weighted by molar-refractivity contribution is 5.91. The number of nitrogens with one attached hydrogen (secondary N) is 2. The minimum atomic E-state index is -0.797. The first kappa shape index (κ1) is 15.9. The van der Waals surface area contributed by atoms with E-state index in [-0.39, 0.29) is 23.5 Å². The number of benzene rings is 1. The lowest BCUT2D eigenvalue weighted by atomic mass is 9.73. The van der Waals surface area contributed by atoms with E-state index >= 15 is 0 Å². The van der Waals surface area contributed by atoms with Crippen molar-refractivity contribution >= 4 is 11.8 Å². The average Bonchev–Trinajstić information content (AvgIpc) is 3.30. The van der Waals surface area contributed by atoms with Crippen LogP contribution in [-0.2, 0) is 19.7 Å². The van der Waals surface area contributed by atoms with Crippen LogP contribution in [0.5, 0.6) is 0 Å². The van der Waals surface area contributed by atoms with Crippen LogP contribution in [0.2, 0.25) is 0 Å². The van der Waals surface area contributed by atoms with E-state index in [0.717, 1.165) is 12.0 Å². The quantitative estimate of drug-likeness (QED) is 0.833. The van der Waals surface area contributed by atoms with Gasteiger partial charge in [-0.2, -0.15) is 0 Å². The molecule has 1 aromatic rings. The molecule has 3 rings (SSSR count). The Morgan fingerprint density at radius 3 is 2.35 bits per heavy atom. The van der Waals surface area contributed by atoms with E-state index in [4.69, 9.17) is 4.74 Å². The van der Waals surface area contributed by atoms with Gasteiger partial charge in [-0.15, -0.1) is 0 Å².